The molecule has 118 valence electrons. The molecule has 0 spiro atoms. The van der Waals surface area contributed by atoms with E-state index in [1.807, 2.05) is 23.6 Å². The van der Waals surface area contributed by atoms with Crippen molar-refractivity contribution in [1.29, 1.82) is 0 Å². The van der Waals surface area contributed by atoms with Crippen molar-refractivity contribution in [2.45, 2.75) is 19.3 Å². The molecule has 0 atom stereocenters. The van der Waals surface area contributed by atoms with Crippen molar-refractivity contribution in [2.24, 2.45) is 5.10 Å². The lowest BCUT2D eigenvalue weighted by Crippen LogP contribution is -2.34. The smallest absolute Gasteiger partial charge is 0.273 e. The standard InChI is InChI=1S/C15H15N5O2S/c1-20-14(21)7-5-12(19-20)15(22)16-13-6-4-10(17-18-13)9-11-3-2-8-23-11/h2-4,6,8H,5,7,9H2,1H3,(H,16,18,22). The lowest BCUT2D eigenvalue weighted by atomic mass is 10.1. The fourth-order valence-electron chi connectivity index (χ4n) is 2.13. The van der Waals surface area contributed by atoms with Gasteiger partial charge >= 0.3 is 0 Å². The maximum absolute atomic E-state index is 12.1. The third-order valence-corrected chi connectivity index (χ3v) is 4.24. The number of amides is 2. The second-order valence-electron chi connectivity index (χ2n) is 5.08. The van der Waals surface area contributed by atoms with Crippen LogP contribution in [0.2, 0.25) is 0 Å². The Kier molecular flexibility index (Phi) is 4.42. The highest BCUT2D eigenvalue weighted by Gasteiger charge is 2.22. The summed E-state index contributed by atoms with van der Waals surface area (Å²) in [5.74, 6) is -0.0869. The average Bonchev–Trinajstić information content (AvgIpc) is 3.05. The van der Waals surface area contributed by atoms with Crippen LogP contribution >= 0.6 is 11.3 Å². The second-order valence-corrected chi connectivity index (χ2v) is 6.12. The van der Waals surface area contributed by atoms with E-state index in [1.165, 1.54) is 16.9 Å². The predicted molar refractivity (Wildman–Crippen MR) is 87.2 cm³/mol. The van der Waals surface area contributed by atoms with Gasteiger partial charge in [-0.2, -0.15) is 10.2 Å². The molecule has 3 heterocycles. The lowest BCUT2D eigenvalue weighted by molar-refractivity contribution is -0.130. The number of hydrogen-bond acceptors (Lipinski definition) is 6. The van der Waals surface area contributed by atoms with E-state index >= 15 is 0 Å². The molecule has 1 N–H and O–H groups in total. The van der Waals surface area contributed by atoms with Crippen molar-refractivity contribution in [3.63, 3.8) is 0 Å². The van der Waals surface area contributed by atoms with E-state index in [1.54, 1.807) is 17.4 Å². The second kappa shape index (κ2) is 6.66. The number of hydrogen-bond donors (Lipinski definition) is 1. The number of hydrazone groups is 1. The summed E-state index contributed by atoms with van der Waals surface area (Å²) in [6, 6.07) is 7.59. The highest BCUT2D eigenvalue weighted by molar-refractivity contribution is 7.09. The van der Waals surface area contributed by atoms with Crippen LogP contribution in [0.25, 0.3) is 0 Å². The zero-order chi connectivity index (χ0) is 16.2. The predicted octanol–water partition coefficient (Wildman–Crippen LogP) is 1.68. The van der Waals surface area contributed by atoms with Crippen LogP contribution in [0, 0.1) is 0 Å². The molecule has 0 saturated heterocycles. The van der Waals surface area contributed by atoms with Gasteiger partial charge in [-0.05, 0) is 23.6 Å². The quantitative estimate of drug-likeness (QED) is 0.924. The Bertz CT molecular complexity index is 740. The van der Waals surface area contributed by atoms with Crippen LogP contribution in [0.3, 0.4) is 0 Å². The number of rotatable bonds is 4. The van der Waals surface area contributed by atoms with Crippen LogP contribution < -0.4 is 5.32 Å². The molecule has 7 nitrogen and oxygen atoms in total. The maximum Gasteiger partial charge on any atom is 0.273 e. The van der Waals surface area contributed by atoms with E-state index in [0.29, 0.717) is 18.0 Å². The summed E-state index contributed by atoms with van der Waals surface area (Å²) in [6.07, 6.45) is 1.34. The maximum atomic E-state index is 12.1. The third kappa shape index (κ3) is 3.78. The first kappa shape index (κ1) is 15.3. The molecule has 0 aliphatic carbocycles. The van der Waals surface area contributed by atoms with Crippen LogP contribution in [0.4, 0.5) is 5.82 Å². The number of nitrogens with one attached hydrogen (secondary N) is 1. The van der Waals surface area contributed by atoms with E-state index in [9.17, 15) is 9.59 Å². The molecule has 2 aromatic heterocycles. The minimum atomic E-state index is -0.357. The fourth-order valence-corrected chi connectivity index (χ4v) is 2.85. The zero-order valence-electron chi connectivity index (χ0n) is 12.5. The van der Waals surface area contributed by atoms with E-state index in [-0.39, 0.29) is 18.2 Å². The largest absolute Gasteiger partial charge is 0.304 e. The number of anilines is 1. The Morgan fingerprint density at radius 1 is 1.30 bits per heavy atom. The number of aromatic nitrogens is 2. The molecular formula is C15H15N5O2S. The molecule has 1 aliphatic rings. The summed E-state index contributed by atoms with van der Waals surface area (Å²) in [6.45, 7) is 0. The first-order chi connectivity index (χ1) is 11.1. The Morgan fingerprint density at radius 3 is 2.83 bits per heavy atom. The minimum absolute atomic E-state index is 0.0979. The number of nitrogens with zero attached hydrogens (tertiary/aromatic N) is 4. The molecule has 23 heavy (non-hydrogen) atoms. The van der Waals surface area contributed by atoms with Crippen molar-refractivity contribution in [1.82, 2.24) is 15.2 Å². The molecular weight excluding hydrogens is 314 g/mol. The van der Waals surface area contributed by atoms with Crippen molar-refractivity contribution in [3.8, 4) is 0 Å². The zero-order valence-corrected chi connectivity index (χ0v) is 13.3. The van der Waals surface area contributed by atoms with Crippen molar-refractivity contribution in [2.75, 3.05) is 12.4 Å². The number of carbonyl (C=O) groups excluding carboxylic acids is 2. The van der Waals surface area contributed by atoms with Crippen LogP contribution in [0.1, 0.15) is 23.4 Å². The monoisotopic (exact) mass is 329 g/mol. The van der Waals surface area contributed by atoms with Crippen LogP contribution in [-0.4, -0.2) is 39.8 Å². The topological polar surface area (TPSA) is 87.6 Å². The summed E-state index contributed by atoms with van der Waals surface area (Å²) in [5.41, 5.74) is 1.15. The summed E-state index contributed by atoms with van der Waals surface area (Å²) >= 11 is 1.67. The summed E-state index contributed by atoms with van der Waals surface area (Å²) < 4.78 is 0. The Morgan fingerprint density at radius 2 is 2.17 bits per heavy atom. The van der Waals surface area contributed by atoms with Gasteiger partial charge in [-0.25, -0.2) is 5.01 Å². The SMILES string of the molecule is CN1N=C(C(=O)Nc2ccc(Cc3cccs3)nn2)CCC1=O. The van der Waals surface area contributed by atoms with Gasteiger partial charge in [0, 0.05) is 31.2 Å². The molecule has 8 heteroatoms. The molecule has 0 bridgehead atoms. The van der Waals surface area contributed by atoms with Crippen LogP contribution in [-0.2, 0) is 16.0 Å². The molecule has 3 rings (SSSR count). The van der Waals surface area contributed by atoms with Crippen LogP contribution in [0.15, 0.2) is 34.7 Å². The van der Waals surface area contributed by atoms with E-state index in [4.69, 9.17) is 0 Å². The molecule has 1 aliphatic heterocycles. The number of thiophene rings is 1. The Balaban J connectivity index is 1.63. The molecule has 2 amide bonds. The summed E-state index contributed by atoms with van der Waals surface area (Å²) in [4.78, 5) is 24.7. The minimum Gasteiger partial charge on any atom is -0.304 e. The van der Waals surface area contributed by atoms with Gasteiger partial charge in [-0.1, -0.05) is 6.07 Å². The van der Waals surface area contributed by atoms with Gasteiger partial charge < -0.3 is 5.32 Å². The van der Waals surface area contributed by atoms with E-state index in [2.05, 4.69) is 20.6 Å². The average molecular weight is 329 g/mol. The van der Waals surface area contributed by atoms with Crippen LogP contribution in [0.5, 0.6) is 0 Å². The molecule has 0 fully saturated rings. The fraction of sp³-hybridized carbons (Fsp3) is 0.267. The van der Waals surface area contributed by atoms with E-state index in [0.717, 1.165) is 12.1 Å². The van der Waals surface area contributed by atoms with Crippen molar-refractivity contribution in [3.05, 3.63) is 40.2 Å². The van der Waals surface area contributed by atoms with Gasteiger partial charge in [0.25, 0.3) is 5.91 Å². The molecule has 0 unspecified atom stereocenters. The van der Waals surface area contributed by atoms with Gasteiger partial charge in [0.2, 0.25) is 5.91 Å². The normalized spacial score (nSPS) is 14.6. The first-order valence-corrected chi connectivity index (χ1v) is 8.00. The highest BCUT2D eigenvalue weighted by atomic mass is 32.1. The number of carbonyl (C=O) groups is 2. The van der Waals surface area contributed by atoms with Gasteiger partial charge in [0.15, 0.2) is 5.82 Å². The van der Waals surface area contributed by atoms with E-state index < -0.39 is 0 Å². The highest BCUT2D eigenvalue weighted by Crippen LogP contribution is 2.14. The van der Waals surface area contributed by atoms with Gasteiger partial charge in [0.1, 0.15) is 5.71 Å². The third-order valence-electron chi connectivity index (χ3n) is 3.37. The molecule has 0 aromatic carbocycles. The lowest BCUT2D eigenvalue weighted by Gasteiger charge is -2.18. The molecule has 0 radical (unpaired) electrons. The molecule has 0 saturated carbocycles. The Hall–Kier alpha value is -2.61. The molecule has 2 aromatic rings. The van der Waals surface area contributed by atoms with Gasteiger partial charge in [-0.3, -0.25) is 9.59 Å². The summed E-state index contributed by atoms with van der Waals surface area (Å²) in [7, 11) is 1.54. The van der Waals surface area contributed by atoms with Gasteiger partial charge in [-0.15, -0.1) is 16.4 Å². The van der Waals surface area contributed by atoms with Crippen molar-refractivity contribution < 1.29 is 9.59 Å². The Labute approximate surface area is 137 Å². The first-order valence-electron chi connectivity index (χ1n) is 7.12. The summed E-state index contributed by atoms with van der Waals surface area (Å²) in [5, 5.41) is 18.0. The van der Waals surface area contributed by atoms with Gasteiger partial charge in [0.05, 0.1) is 5.69 Å². The van der Waals surface area contributed by atoms with Crippen molar-refractivity contribution >= 4 is 34.7 Å².